The Labute approximate surface area is 184 Å². The molecule has 2 unspecified atom stereocenters. The third-order valence-electron chi connectivity index (χ3n) is 5.12. The van der Waals surface area contributed by atoms with Gasteiger partial charge in [0, 0.05) is 31.7 Å². The Bertz CT molecular complexity index is 464. The van der Waals surface area contributed by atoms with Crippen LogP contribution in [-0.2, 0) is 9.59 Å². The molecular formula is C24H45N3O3. The highest BCUT2D eigenvalue weighted by Crippen LogP contribution is 2.05. The minimum absolute atomic E-state index is 0.0330. The number of amides is 2. The lowest BCUT2D eigenvalue weighted by Crippen LogP contribution is -2.50. The topological polar surface area (TPSA) is 81.7 Å². The molecule has 0 aliphatic rings. The number of hydrogen-bond acceptors (Lipinski definition) is 4. The van der Waals surface area contributed by atoms with Gasteiger partial charge in [0.2, 0.25) is 11.8 Å². The fraction of sp³-hybridized carbons (Fsp3) is 0.750. The molecule has 0 rings (SSSR count). The summed E-state index contributed by atoms with van der Waals surface area (Å²) in [7, 11) is 0. The number of nitrogens with one attached hydrogen (secondary N) is 2. The van der Waals surface area contributed by atoms with E-state index in [1.165, 1.54) is 25.7 Å². The second-order valence-electron chi connectivity index (χ2n) is 7.95. The predicted octanol–water partition coefficient (Wildman–Crippen LogP) is 3.56. The van der Waals surface area contributed by atoms with Gasteiger partial charge in [-0.1, -0.05) is 51.7 Å². The lowest BCUT2D eigenvalue weighted by atomic mass is 10.2. The van der Waals surface area contributed by atoms with Crippen molar-refractivity contribution < 1.29 is 14.7 Å². The highest BCUT2D eigenvalue weighted by Gasteiger charge is 2.20. The van der Waals surface area contributed by atoms with Crippen molar-refractivity contribution in [3.8, 4) is 0 Å². The van der Waals surface area contributed by atoms with Crippen molar-refractivity contribution in [3.63, 3.8) is 0 Å². The van der Waals surface area contributed by atoms with Crippen LogP contribution in [0.3, 0.4) is 0 Å². The molecule has 2 atom stereocenters. The SMILES string of the molecule is CCCCC/C=C/C(=O)NCC(C)N(CCO)C(C)CNC(=O)/C=C/CCCCC. The van der Waals surface area contributed by atoms with Gasteiger partial charge in [-0.15, -0.1) is 0 Å². The standard InChI is InChI=1S/C24H45N3O3/c1-5-7-9-11-13-15-23(29)25-19-21(3)27(17-18-28)22(4)20-26-24(30)16-14-12-10-8-6-2/h13-16,21-22,28H,5-12,17-20H2,1-4H3,(H,25,29)(H,26,30)/b15-13+,16-14+. The number of aliphatic hydroxyl groups is 1. The van der Waals surface area contributed by atoms with Gasteiger partial charge in [-0.25, -0.2) is 0 Å². The maximum atomic E-state index is 12.0. The number of carbonyl (C=O) groups excluding carboxylic acids is 2. The van der Waals surface area contributed by atoms with Gasteiger partial charge in [0.15, 0.2) is 0 Å². The van der Waals surface area contributed by atoms with Crippen LogP contribution in [0, 0.1) is 0 Å². The second-order valence-corrected chi connectivity index (χ2v) is 7.95. The molecule has 6 nitrogen and oxygen atoms in total. The van der Waals surface area contributed by atoms with E-state index >= 15 is 0 Å². The summed E-state index contributed by atoms with van der Waals surface area (Å²) in [6, 6.07) is 0.0946. The molecule has 3 N–H and O–H groups in total. The first-order valence-electron chi connectivity index (χ1n) is 11.7. The number of aliphatic hydroxyl groups excluding tert-OH is 1. The van der Waals surface area contributed by atoms with Gasteiger partial charge in [0.25, 0.3) is 0 Å². The molecule has 0 fully saturated rings. The average molecular weight is 424 g/mol. The Hall–Kier alpha value is -1.66. The van der Waals surface area contributed by atoms with Crippen LogP contribution in [0.1, 0.15) is 79.1 Å². The van der Waals surface area contributed by atoms with E-state index in [-0.39, 0.29) is 30.5 Å². The highest BCUT2D eigenvalue weighted by molar-refractivity contribution is 5.87. The van der Waals surface area contributed by atoms with Gasteiger partial charge in [-0.2, -0.15) is 0 Å². The van der Waals surface area contributed by atoms with E-state index in [2.05, 4.69) is 29.4 Å². The monoisotopic (exact) mass is 423 g/mol. The summed E-state index contributed by atoms with van der Waals surface area (Å²) in [6.07, 6.45) is 15.8. The fourth-order valence-corrected chi connectivity index (χ4v) is 3.24. The van der Waals surface area contributed by atoms with E-state index in [1.807, 2.05) is 26.0 Å². The first-order chi connectivity index (χ1) is 14.5. The molecular weight excluding hydrogens is 378 g/mol. The lowest BCUT2D eigenvalue weighted by molar-refractivity contribution is -0.117. The molecule has 30 heavy (non-hydrogen) atoms. The number of nitrogens with zero attached hydrogens (tertiary/aromatic N) is 1. The maximum Gasteiger partial charge on any atom is 0.243 e. The average Bonchev–Trinajstić information content (AvgIpc) is 2.73. The van der Waals surface area contributed by atoms with Gasteiger partial charge in [0.05, 0.1) is 6.61 Å². The summed E-state index contributed by atoms with van der Waals surface area (Å²) in [6.45, 7) is 9.88. The number of hydrogen-bond donors (Lipinski definition) is 3. The minimum Gasteiger partial charge on any atom is -0.395 e. The molecule has 2 amide bonds. The first kappa shape index (κ1) is 28.3. The molecule has 0 spiro atoms. The fourth-order valence-electron chi connectivity index (χ4n) is 3.24. The lowest BCUT2D eigenvalue weighted by Gasteiger charge is -2.34. The first-order valence-corrected chi connectivity index (χ1v) is 11.7. The normalized spacial score (nSPS) is 13.8. The second kappa shape index (κ2) is 19.3. The molecule has 0 bridgehead atoms. The van der Waals surface area contributed by atoms with Crippen molar-refractivity contribution in [1.82, 2.24) is 15.5 Å². The van der Waals surface area contributed by atoms with Crippen LogP contribution < -0.4 is 10.6 Å². The quantitative estimate of drug-likeness (QED) is 0.233. The number of carbonyl (C=O) groups is 2. The predicted molar refractivity (Wildman–Crippen MR) is 125 cm³/mol. The van der Waals surface area contributed by atoms with Crippen LogP contribution in [0.5, 0.6) is 0 Å². The zero-order valence-electron chi connectivity index (χ0n) is 19.7. The number of allylic oxidation sites excluding steroid dienone is 2. The van der Waals surface area contributed by atoms with Gasteiger partial charge in [-0.3, -0.25) is 14.5 Å². The summed E-state index contributed by atoms with van der Waals surface area (Å²) < 4.78 is 0. The van der Waals surface area contributed by atoms with Crippen molar-refractivity contribution in [3.05, 3.63) is 24.3 Å². The van der Waals surface area contributed by atoms with Gasteiger partial charge in [-0.05, 0) is 51.7 Å². The Morgan fingerprint density at radius 3 is 1.63 bits per heavy atom. The van der Waals surface area contributed by atoms with E-state index in [0.29, 0.717) is 19.6 Å². The van der Waals surface area contributed by atoms with Crippen molar-refractivity contribution in [2.24, 2.45) is 0 Å². The molecule has 174 valence electrons. The molecule has 0 aromatic rings. The molecule has 0 radical (unpaired) electrons. The molecule has 0 saturated heterocycles. The Balaban J connectivity index is 4.36. The number of unbranched alkanes of at least 4 members (excludes halogenated alkanes) is 6. The van der Waals surface area contributed by atoms with Crippen molar-refractivity contribution in [1.29, 1.82) is 0 Å². The van der Waals surface area contributed by atoms with Crippen LogP contribution in [0.4, 0.5) is 0 Å². The zero-order valence-corrected chi connectivity index (χ0v) is 19.7. The van der Waals surface area contributed by atoms with Gasteiger partial charge >= 0.3 is 0 Å². The summed E-state index contributed by atoms with van der Waals surface area (Å²) >= 11 is 0. The highest BCUT2D eigenvalue weighted by atomic mass is 16.3. The Kier molecular flexibility index (Phi) is 18.2. The molecule has 0 aliphatic carbocycles. The van der Waals surface area contributed by atoms with Gasteiger partial charge in [0.1, 0.15) is 0 Å². The zero-order chi connectivity index (χ0) is 22.6. The van der Waals surface area contributed by atoms with E-state index < -0.39 is 0 Å². The molecule has 0 aromatic carbocycles. The molecule has 6 heteroatoms. The van der Waals surface area contributed by atoms with E-state index in [4.69, 9.17) is 0 Å². The van der Waals surface area contributed by atoms with Crippen LogP contribution in [0.25, 0.3) is 0 Å². The van der Waals surface area contributed by atoms with E-state index in [1.54, 1.807) is 12.2 Å². The van der Waals surface area contributed by atoms with Crippen LogP contribution in [0.2, 0.25) is 0 Å². The summed E-state index contributed by atoms with van der Waals surface area (Å²) in [4.78, 5) is 26.1. The van der Waals surface area contributed by atoms with Crippen molar-refractivity contribution in [2.75, 3.05) is 26.2 Å². The van der Waals surface area contributed by atoms with E-state index in [9.17, 15) is 14.7 Å². The number of rotatable bonds is 18. The minimum atomic E-state index is -0.0866. The molecule has 0 aliphatic heterocycles. The third kappa shape index (κ3) is 15.2. The van der Waals surface area contributed by atoms with Crippen LogP contribution in [-0.4, -0.2) is 60.1 Å². The van der Waals surface area contributed by atoms with Crippen LogP contribution >= 0.6 is 0 Å². The summed E-state index contributed by atoms with van der Waals surface area (Å²) in [5.41, 5.74) is 0. The maximum absolute atomic E-state index is 12.0. The summed E-state index contributed by atoms with van der Waals surface area (Å²) in [5.74, 6) is -0.173. The largest absolute Gasteiger partial charge is 0.395 e. The Morgan fingerprint density at radius 2 is 1.27 bits per heavy atom. The van der Waals surface area contributed by atoms with Crippen molar-refractivity contribution >= 4 is 11.8 Å². The third-order valence-corrected chi connectivity index (χ3v) is 5.12. The molecule has 0 aromatic heterocycles. The molecule has 0 saturated carbocycles. The Morgan fingerprint density at radius 1 is 0.833 bits per heavy atom. The summed E-state index contributed by atoms with van der Waals surface area (Å²) in [5, 5.41) is 15.3. The van der Waals surface area contributed by atoms with E-state index in [0.717, 1.165) is 25.7 Å². The van der Waals surface area contributed by atoms with Gasteiger partial charge < -0.3 is 15.7 Å². The molecule has 0 heterocycles. The van der Waals surface area contributed by atoms with Crippen LogP contribution in [0.15, 0.2) is 24.3 Å². The van der Waals surface area contributed by atoms with Crippen molar-refractivity contribution in [2.45, 2.75) is 91.1 Å². The smallest absolute Gasteiger partial charge is 0.243 e.